The van der Waals surface area contributed by atoms with Gasteiger partial charge in [-0.15, -0.1) is 0 Å². The van der Waals surface area contributed by atoms with Crippen molar-refractivity contribution in [1.82, 2.24) is 5.43 Å². The lowest BCUT2D eigenvalue weighted by Gasteiger charge is -2.19. The standard InChI is InChI=1S/C11H11ClN2O3/c1-7(15)14-13-6-8-4-9(12)11-10(5-8)16-2-3-17-11/h4-6H,2-3H2,1H3,(H,14,15)/b13-6-. The number of hydrogen-bond acceptors (Lipinski definition) is 4. The molecular weight excluding hydrogens is 244 g/mol. The molecule has 1 amide bonds. The lowest BCUT2D eigenvalue weighted by molar-refractivity contribution is -0.118. The quantitative estimate of drug-likeness (QED) is 0.644. The van der Waals surface area contributed by atoms with Crippen molar-refractivity contribution in [2.24, 2.45) is 5.10 Å². The molecule has 0 atom stereocenters. The maximum atomic E-state index is 10.6. The Kier molecular flexibility index (Phi) is 3.49. The highest BCUT2D eigenvalue weighted by molar-refractivity contribution is 6.32. The van der Waals surface area contributed by atoms with Crippen LogP contribution in [0.1, 0.15) is 12.5 Å². The Labute approximate surface area is 103 Å². The van der Waals surface area contributed by atoms with Gasteiger partial charge < -0.3 is 9.47 Å². The lowest BCUT2D eigenvalue weighted by atomic mass is 10.2. The number of ether oxygens (including phenoxy) is 2. The van der Waals surface area contributed by atoms with Gasteiger partial charge in [0, 0.05) is 6.92 Å². The third-order valence-electron chi connectivity index (χ3n) is 2.05. The van der Waals surface area contributed by atoms with Crippen molar-refractivity contribution in [2.45, 2.75) is 6.92 Å². The summed E-state index contributed by atoms with van der Waals surface area (Å²) in [5.74, 6) is 0.910. The number of carbonyl (C=O) groups is 1. The molecule has 1 aliphatic rings. The van der Waals surface area contributed by atoms with Gasteiger partial charge in [-0.25, -0.2) is 5.43 Å². The predicted molar refractivity (Wildman–Crippen MR) is 63.9 cm³/mol. The number of benzene rings is 1. The SMILES string of the molecule is CC(=O)N/N=C\c1cc(Cl)c2c(c1)OCCO2. The summed E-state index contributed by atoms with van der Waals surface area (Å²) in [4.78, 5) is 10.6. The molecule has 90 valence electrons. The molecule has 2 rings (SSSR count). The molecule has 0 bridgehead atoms. The lowest BCUT2D eigenvalue weighted by Crippen LogP contribution is -2.16. The van der Waals surface area contributed by atoms with Gasteiger partial charge in [0.2, 0.25) is 5.91 Å². The van der Waals surface area contributed by atoms with E-state index in [-0.39, 0.29) is 5.91 Å². The smallest absolute Gasteiger partial charge is 0.236 e. The average molecular weight is 255 g/mol. The normalized spacial score (nSPS) is 13.8. The van der Waals surface area contributed by atoms with E-state index in [2.05, 4.69) is 10.5 Å². The van der Waals surface area contributed by atoms with Crippen LogP contribution in [-0.2, 0) is 4.79 Å². The second-order valence-electron chi connectivity index (χ2n) is 3.45. The van der Waals surface area contributed by atoms with Gasteiger partial charge in [0.15, 0.2) is 11.5 Å². The van der Waals surface area contributed by atoms with Crippen molar-refractivity contribution in [2.75, 3.05) is 13.2 Å². The van der Waals surface area contributed by atoms with Crippen molar-refractivity contribution in [3.8, 4) is 11.5 Å². The van der Waals surface area contributed by atoms with Gasteiger partial charge in [-0.2, -0.15) is 5.10 Å². The number of carbonyl (C=O) groups excluding carboxylic acids is 1. The summed E-state index contributed by atoms with van der Waals surface area (Å²) < 4.78 is 10.8. The van der Waals surface area contributed by atoms with Crippen LogP contribution in [0.5, 0.6) is 11.5 Å². The van der Waals surface area contributed by atoms with E-state index in [1.165, 1.54) is 13.1 Å². The highest BCUT2D eigenvalue weighted by Crippen LogP contribution is 2.37. The molecule has 0 saturated heterocycles. The van der Waals surface area contributed by atoms with Crippen LogP contribution in [0.25, 0.3) is 0 Å². The summed E-state index contributed by atoms with van der Waals surface area (Å²) in [6.07, 6.45) is 1.49. The van der Waals surface area contributed by atoms with Crippen molar-refractivity contribution in [3.05, 3.63) is 22.7 Å². The first kappa shape index (κ1) is 11.7. The van der Waals surface area contributed by atoms with Gasteiger partial charge in [0.05, 0.1) is 11.2 Å². The molecule has 0 spiro atoms. The highest BCUT2D eigenvalue weighted by atomic mass is 35.5. The Morgan fingerprint density at radius 2 is 2.24 bits per heavy atom. The Bertz CT molecular complexity index is 474. The molecule has 5 nitrogen and oxygen atoms in total. The molecule has 6 heteroatoms. The van der Waals surface area contributed by atoms with Gasteiger partial charge in [-0.1, -0.05) is 11.6 Å². The maximum absolute atomic E-state index is 10.6. The molecule has 1 N–H and O–H groups in total. The summed E-state index contributed by atoms with van der Waals surface area (Å²) in [6.45, 7) is 2.37. The van der Waals surface area contributed by atoms with E-state index in [9.17, 15) is 4.79 Å². The highest BCUT2D eigenvalue weighted by Gasteiger charge is 2.15. The van der Waals surface area contributed by atoms with Crippen LogP contribution in [0.3, 0.4) is 0 Å². The summed E-state index contributed by atoms with van der Waals surface area (Å²) in [5, 5.41) is 4.22. The molecule has 0 saturated carbocycles. The Balaban J connectivity index is 2.22. The minimum Gasteiger partial charge on any atom is -0.486 e. The summed E-state index contributed by atoms with van der Waals surface area (Å²) in [5.41, 5.74) is 3.04. The van der Waals surface area contributed by atoms with E-state index in [0.717, 1.165) is 5.56 Å². The van der Waals surface area contributed by atoms with Crippen LogP contribution < -0.4 is 14.9 Å². The molecule has 0 fully saturated rings. The number of fused-ring (bicyclic) bond motifs is 1. The van der Waals surface area contributed by atoms with Crippen LogP contribution in [0.15, 0.2) is 17.2 Å². The largest absolute Gasteiger partial charge is 0.486 e. The molecule has 1 aliphatic heterocycles. The summed E-state index contributed by atoms with van der Waals surface area (Å²) >= 11 is 6.03. The van der Waals surface area contributed by atoms with Gasteiger partial charge >= 0.3 is 0 Å². The fraction of sp³-hybridized carbons (Fsp3) is 0.273. The van der Waals surface area contributed by atoms with E-state index in [1.807, 2.05) is 0 Å². The van der Waals surface area contributed by atoms with Crippen LogP contribution in [-0.4, -0.2) is 25.3 Å². The minimum atomic E-state index is -0.232. The fourth-order valence-electron chi connectivity index (χ4n) is 1.40. The van der Waals surface area contributed by atoms with Crippen LogP contribution in [0.2, 0.25) is 5.02 Å². The average Bonchev–Trinajstić information content (AvgIpc) is 2.28. The van der Waals surface area contributed by atoms with Crippen molar-refractivity contribution < 1.29 is 14.3 Å². The predicted octanol–water partition coefficient (Wildman–Crippen LogP) is 1.58. The number of nitrogens with zero attached hydrogens (tertiary/aromatic N) is 1. The number of rotatable bonds is 2. The molecule has 1 heterocycles. The Morgan fingerprint density at radius 1 is 1.47 bits per heavy atom. The first-order valence-corrected chi connectivity index (χ1v) is 5.43. The monoisotopic (exact) mass is 254 g/mol. The fourth-order valence-corrected chi connectivity index (χ4v) is 1.68. The molecule has 0 radical (unpaired) electrons. The topological polar surface area (TPSA) is 59.9 Å². The van der Waals surface area contributed by atoms with E-state index in [0.29, 0.717) is 29.7 Å². The Morgan fingerprint density at radius 3 is 3.00 bits per heavy atom. The van der Waals surface area contributed by atoms with E-state index in [4.69, 9.17) is 21.1 Å². The van der Waals surface area contributed by atoms with Crippen LogP contribution in [0, 0.1) is 0 Å². The molecule has 1 aromatic rings. The minimum absolute atomic E-state index is 0.232. The molecule has 0 unspecified atom stereocenters. The second-order valence-corrected chi connectivity index (χ2v) is 3.86. The van der Waals surface area contributed by atoms with Crippen molar-refractivity contribution in [3.63, 3.8) is 0 Å². The Hall–Kier alpha value is -1.75. The molecular formula is C11H11ClN2O3. The van der Waals surface area contributed by atoms with Crippen LogP contribution >= 0.6 is 11.6 Å². The molecule has 17 heavy (non-hydrogen) atoms. The van der Waals surface area contributed by atoms with Crippen LogP contribution in [0.4, 0.5) is 0 Å². The third kappa shape index (κ3) is 2.88. The number of nitrogens with one attached hydrogen (secondary N) is 1. The molecule has 1 aromatic carbocycles. The summed E-state index contributed by atoms with van der Waals surface area (Å²) in [6, 6.07) is 3.45. The summed E-state index contributed by atoms with van der Waals surface area (Å²) in [7, 11) is 0. The first-order chi connectivity index (χ1) is 8.16. The maximum Gasteiger partial charge on any atom is 0.236 e. The van der Waals surface area contributed by atoms with Crippen molar-refractivity contribution >= 4 is 23.7 Å². The van der Waals surface area contributed by atoms with Gasteiger partial charge in [-0.3, -0.25) is 4.79 Å². The number of halogens is 1. The van der Waals surface area contributed by atoms with Crippen molar-refractivity contribution in [1.29, 1.82) is 0 Å². The zero-order valence-corrected chi connectivity index (χ0v) is 9.95. The van der Waals surface area contributed by atoms with Gasteiger partial charge in [0.1, 0.15) is 13.2 Å². The molecule has 0 aromatic heterocycles. The third-order valence-corrected chi connectivity index (χ3v) is 2.34. The number of amides is 1. The van der Waals surface area contributed by atoms with E-state index >= 15 is 0 Å². The van der Waals surface area contributed by atoms with Gasteiger partial charge in [-0.05, 0) is 17.7 Å². The van der Waals surface area contributed by atoms with E-state index < -0.39 is 0 Å². The zero-order chi connectivity index (χ0) is 12.3. The number of hydrogen-bond donors (Lipinski definition) is 1. The van der Waals surface area contributed by atoms with Gasteiger partial charge in [0.25, 0.3) is 0 Å². The zero-order valence-electron chi connectivity index (χ0n) is 9.20. The van der Waals surface area contributed by atoms with E-state index in [1.54, 1.807) is 12.1 Å². The molecule has 0 aliphatic carbocycles. The first-order valence-electron chi connectivity index (χ1n) is 5.05. The second kappa shape index (κ2) is 5.05. The number of hydrazone groups is 1.